The molecule has 0 bridgehead atoms. The lowest BCUT2D eigenvalue weighted by molar-refractivity contribution is 0.102. The molecule has 2 heterocycles. The number of aryl methyl sites for hydroxylation is 2. The minimum Gasteiger partial charge on any atom is -0.469 e. The number of aromatic nitrogens is 1. The Morgan fingerprint density at radius 3 is 2.76 bits per heavy atom. The summed E-state index contributed by atoms with van der Waals surface area (Å²) in [5.41, 5.74) is 1.50. The Kier molecular flexibility index (Phi) is 3.28. The fourth-order valence-electron chi connectivity index (χ4n) is 1.36. The predicted octanol–water partition coefficient (Wildman–Crippen LogP) is 3.31. The van der Waals surface area contributed by atoms with E-state index in [1.807, 2.05) is 6.92 Å². The van der Waals surface area contributed by atoms with Crippen LogP contribution >= 0.6 is 15.9 Å². The molecule has 17 heavy (non-hydrogen) atoms. The third kappa shape index (κ3) is 2.74. The molecule has 0 unspecified atom stereocenters. The molecular weight excluding hydrogens is 284 g/mol. The van der Waals surface area contributed by atoms with Crippen molar-refractivity contribution < 1.29 is 9.21 Å². The number of nitrogens with zero attached hydrogens (tertiary/aromatic N) is 1. The molecule has 4 nitrogen and oxygen atoms in total. The third-order valence-corrected chi connectivity index (χ3v) is 3.11. The molecular formula is C12H11BrN2O2. The normalized spacial score (nSPS) is 10.3. The Balaban J connectivity index is 2.15. The van der Waals surface area contributed by atoms with Gasteiger partial charge in [0.15, 0.2) is 0 Å². The minimum atomic E-state index is -0.226. The van der Waals surface area contributed by atoms with Crippen LogP contribution in [-0.2, 0) is 0 Å². The monoisotopic (exact) mass is 294 g/mol. The van der Waals surface area contributed by atoms with Crippen LogP contribution in [0.2, 0.25) is 0 Å². The standard InChI is InChI=1S/C12H11BrN2O2/c1-7-3-11(14-5-10(7)13)15-12(16)9-4-8(2)17-6-9/h3-6H,1-2H3,(H,14,15,16). The highest BCUT2D eigenvalue weighted by molar-refractivity contribution is 9.10. The number of hydrogen-bond donors (Lipinski definition) is 1. The van der Waals surface area contributed by atoms with Crippen LogP contribution in [0, 0.1) is 13.8 Å². The lowest BCUT2D eigenvalue weighted by Gasteiger charge is -2.04. The summed E-state index contributed by atoms with van der Waals surface area (Å²) in [6, 6.07) is 3.48. The molecule has 0 saturated heterocycles. The summed E-state index contributed by atoms with van der Waals surface area (Å²) < 4.78 is 5.99. The van der Waals surface area contributed by atoms with Gasteiger partial charge in [-0.05, 0) is 47.5 Å². The highest BCUT2D eigenvalue weighted by atomic mass is 79.9. The zero-order valence-corrected chi connectivity index (χ0v) is 11.0. The van der Waals surface area contributed by atoms with Crippen molar-refractivity contribution in [3.63, 3.8) is 0 Å². The Morgan fingerprint density at radius 2 is 2.18 bits per heavy atom. The summed E-state index contributed by atoms with van der Waals surface area (Å²) in [5.74, 6) is 1.00. The molecule has 0 spiro atoms. The van der Waals surface area contributed by atoms with Crippen LogP contribution in [0.15, 0.2) is 33.5 Å². The molecule has 88 valence electrons. The first-order chi connectivity index (χ1) is 8.06. The van der Waals surface area contributed by atoms with Crippen molar-refractivity contribution in [1.29, 1.82) is 0 Å². The number of carbonyl (C=O) groups is 1. The second-order valence-corrected chi connectivity index (χ2v) is 4.57. The summed E-state index contributed by atoms with van der Waals surface area (Å²) in [5, 5.41) is 2.71. The number of nitrogens with one attached hydrogen (secondary N) is 1. The summed E-state index contributed by atoms with van der Waals surface area (Å²) in [4.78, 5) is 15.9. The molecule has 0 aromatic carbocycles. The van der Waals surface area contributed by atoms with Gasteiger partial charge in [0.05, 0.1) is 5.56 Å². The highest BCUT2D eigenvalue weighted by Crippen LogP contribution is 2.18. The van der Waals surface area contributed by atoms with Gasteiger partial charge in [-0.25, -0.2) is 4.98 Å². The number of halogens is 1. The molecule has 0 aliphatic rings. The van der Waals surface area contributed by atoms with Gasteiger partial charge in [-0.1, -0.05) is 0 Å². The van der Waals surface area contributed by atoms with E-state index >= 15 is 0 Å². The summed E-state index contributed by atoms with van der Waals surface area (Å²) in [6.45, 7) is 3.72. The van der Waals surface area contributed by atoms with Crippen molar-refractivity contribution in [2.24, 2.45) is 0 Å². The van der Waals surface area contributed by atoms with Crippen LogP contribution in [-0.4, -0.2) is 10.9 Å². The molecule has 0 atom stereocenters. The molecule has 2 aromatic rings. The topological polar surface area (TPSA) is 55.1 Å². The Hall–Kier alpha value is -1.62. The minimum absolute atomic E-state index is 0.226. The number of carbonyl (C=O) groups excluding carboxylic acids is 1. The maximum absolute atomic E-state index is 11.8. The van der Waals surface area contributed by atoms with Crippen molar-refractivity contribution in [3.05, 3.63) is 46.0 Å². The smallest absolute Gasteiger partial charge is 0.260 e. The first kappa shape index (κ1) is 11.9. The Bertz CT molecular complexity index is 563. The van der Waals surface area contributed by atoms with Crippen LogP contribution in [0.3, 0.4) is 0 Å². The maximum Gasteiger partial charge on any atom is 0.260 e. The average molecular weight is 295 g/mol. The van der Waals surface area contributed by atoms with Crippen molar-refractivity contribution in [2.45, 2.75) is 13.8 Å². The third-order valence-electron chi connectivity index (χ3n) is 2.28. The van der Waals surface area contributed by atoms with Gasteiger partial charge in [0, 0.05) is 10.7 Å². The van der Waals surface area contributed by atoms with E-state index in [2.05, 4.69) is 26.2 Å². The largest absolute Gasteiger partial charge is 0.469 e. The van der Waals surface area contributed by atoms with E-state index < -0.39 is 0 Å². The van der Waals surface area contributed by atoms with Crippen LogP contribution in [0.25, 0.3) is 0 Å². The fraction of sp³-hybridized carbons (Fsp3) is 0.167. The number of amides is 1. The average Bonchev–Trinajstić information content (AvgIpc) is 2.70. The molecule has 0 radical (unpaired) electrons. The van der Waals surface area contributed by atoms with Gasteiger partial charge in [0.1, 0.15) is 17.8 Å². The second-order valence-electron chi connectivity index (χ2n) is 3.72. The van der Waals surface area contributed by atoms with Gasteiger partial charge in [-0.2, -0.15) is 0 Å². The van der Waals surface area contributed by atoms with Gasteiger partial charge < -0.3 is 9.73 Å². The van der Waals surface area contributed by atoms with Crippen LogP contribution in [0.5, 0.6) is 0 Å². The van der Waals surface area contributed by atoms with Gasteiger partial charge in [-0.3, -0.25) is 4.79 Å². The second kappa shape index (κ2) is 4.71. The molecule has 2 aromatic heterocycles. The zero-order valence-electron chi connectivity index (χ0n) is 9.45. The van der Waals surface area contributed by atoms with Crippen molar-refractivity contribution >= 4 is 27.7 Å². The number of pyridine rings is 1. The number of hydrogen-bond acceptors (Lipinski definition) is 3. The first-order valence-electron chi connectivity index (χ1n) is 5.05. The molecule has 0 aliphatic heterocycles. The molecule has 1 amide bonds. The highest BCUT2D eigenvalue weighted by Gasteiger charge is 2.09. The Morgan fingerprint density at radius 1 is 1.41 bits per heavy atom. The maximum atomic E-state index is 11.8. The van der Waals surface area contributed by atoms with Gasteiger partial charge >= 0.3 is 0 Å². The fourth-order valence-corrected chi connectivity index (χ4v) is 1.58. The molecule has 0 aliphatic carbocycles. The van der Waals surface area contributed by atoms with Gasteiger partial charge in [0.25, 0.3) is 5.91 Å². The number of rotatable bonds is 2. The van der Waals surface area contributed by atoms with E-state index in [0.717, 1.165) is 10.0 Å². The van der Waals surface area contributed by atoms with E-state index in [1.54, 1.807) is 25.3 Å². The lowest BCUT2D eigenvalue weighted by atomic mass is 10.2. The molecule has 1 N–H and O–H groups in total. The number of anilines is 1. The zero-order chi connectivity index (χ0) is 12.4. The van der Waals surface area contributed by atoms with Crippen LogP contribution in [0.1, 0.15) is 21.7 Å². The van der Waals surface area contributed by atoms with Gasteiger partial charge in [-0.15, -0.1) is 0 Å². The van der Waals surface area contributed by atoms with Crippen molar-refractivity contribution in [2.75, 3.05) is 5.32 Å². The lowest BCUT2D eigenvalue weighted by Crippen LogP contribution is -2.12. The summed E-state index contributed by atoms with van der Waals surface area (Å²) in [7, 11) is 0. The van der Waals surface area contributed by atoms with Crippen molar-refractivity contribution in [3.8, 4) is 0 Å². The Labute approximate surface area is 107 Å². The molecule has 0 fully saturated rings. The van der Waals surface area contributed by atoms with Gasteiger partial charge in [0.2, 0.25) is 0 Å². The molecule has 5 heteroatoms. The summed E-state index contributed by atoms with van der Waals surface area (Å²) in [6.07, 6.45) is 3.09. The van der Waals surface area contributed by atoms with Crippen LogP contribution < -0.4 is 5.32 Å². The van der Waals surface area contributed by atoms with Crippen molar-refractivity contribution in [1.82, 2.24) is 4.98 Å². The molecule has 0 saturated carbocycles. The van der Waals surface area contributed by atoms with E-state index in [0.29, 0.717) is 17.1 Å². The quantitative estimate of drug-likeness (QED) is 0.924. The van der Waals surface area contributed by atoms with E-state index in [-0.39, 0.29) is 5.91 Å². The molecule has 2 rings (SSSR count). The SMILES string of the molecule is Cc1cc(C(=O)Nc2cc(C)c(Br)cn2)co1. The van der Waals surface area contributed by atoms with E-state index in [1.165, 1.54) is 6.26 Å². The van der Waals surface area contributed by atoms with E-state index in [9.17, 15) is 4.79 Å². The van der Waals surface area contributed by atoms with E-state index in [4.69, 9.17) is 4.42 Å². The predicted molar refractivity (Wildman–Crippen MR) is 68.1 cm³/mol. The number of furan rings is 1. The summed E-state index contributed by atoms with van der Waals surface area (Å²) >= 11 is 3.35. The first-order valence-corrected chi connectivity index (χ1v) is 5.84. The van der Waals surface area contributed by atoms with Crippen LogP contribution in [0.4, 0.5) is 5.82 Å².